The van der Waals surface area contributed by atoms with E-state index in [2.05, 4.69) is 13.8 Å². The van der Waals surface area contributed by atoms with E-state index in [1.54, 1.807) is 14.2 Å². The molecule has 3 heteroatoms. The average Bonchev–Trinajstić information content (AvgIpc) is 2.06. The Kier molecular flexibility index (Phi) is 7.12. The van der Waals surface area contributed by atoms with Crippen LogP contribution in [0, 0.1) is 0 Å². The van der Waals surface area contributed by atoms with Crippen molar-refractivity contribution in [3.63, 3.8) is 0 Å². The molecule has 0 rings (SSSR count). The van der Waals surface area contributed by atoms with Crippen molar-refractivity contribution in [1.82, 2.24) is 0 Å². The van der Waals surface area contributed by atoms with Gasteiger partial charge in [-0.1, -0.05) is 13.8 Å². The smallest absolute Gasteiger partial charge is 0.165 e. The van der Waals surface area contributed by atoms with Gasteiger partial charge in [-0.15, -0.1) is 0 Å². The monoisotopic (exact) mass is 178 g/mol. The minimum atomic E-state index is -0.0472. The number of rotatable bonds is 6. The molecular formula is C8H18O2S. The molecule has 68 valence electrons. The standard InChI is InChI=1S/C8H18O2S/c1-5-7(2)11-6-8(9-3)10-4/h7-8H,5-6H2,1-4H3. The van der Waals surface area contributed by atoms with Crippen LogP contribution in [-0.2, 0) is 9.47 Å². The fourth-order valence-electron chi connectivity index (χ4n) is 0.593. The van der Waals surface area contributed by atoms with Gasteiger partial charge in [-0.2, -0.15) is 11.8 Å². The molecule has 0 heterocycles. The molecule has 0 aliphatic heterocycles. The average molecular weight is 178 g/mol. The van der Waals surface area contributed by atoms with E-state index in [9.17, 15) is 0 Å². The van der Waals surface area contributed by atoms with Crippen molar-refractivity contribution >= 4 is 11.8 Å². The second-order valence-electron chi connectivity index (χ2n) is 2.45. The van der Waals surface area contributed by atoms with Gasteiger partial charge in [0.2, 0.25) is 0 Å². The predicted molar refractivity (Wildman–Crippen MR) is 50.0 cm³/mol. The number of thioether (sulfide) groups is 1. The molecule has 0 bridgehead atoms. The Balaban J connectivity index is 3.34. The van der Waals surface area contributed by atoms with Gasteiger partial charge in [0.15, 0.2) is 6.29 Å². The Hall–Kier alpha value is 0.270. The second-order valence-corrected chi connectivity index (χ2v) is 3.92. The van der Waals surface area contributed by atoms with Crippen molar-refractivity contribution in [2.45, 2.75) is 31.8 Å². The first-order valence-corrected chi connectivity index (χ1v) is 4.96. The molecule has 0 aromatic heterocycles. The van der Waals surface area contributed by atoms with Crippen LogP contribution in [0.25, 0.3) is 0 Å². The van der Waals surface area contributed by atoms with Crippen LogP contribution in [0.15, 0.2) is 0 Å². The molecule has 0 spiro atoms. The highest BCUT2D eigenvalue weighted by atomic mass is 32.2. The Morgan fingerprint density at radius 3 is 2.18 bits per heavy atom. The highest BCUT2D eigenvalue weighted by Crippen LogP contribution is 2.15. The molecule has 2 nitrogen and oxygen atoms in total. The lowest BCUT2D eigenvalue weighted by molar-refractivity contribution is -0.0842. The van der Waals surface area contributed by atoms with Crippen LogP contribution in [0.3, 0.4) is 0 Å². The quantitative estimate of drug-likeness (QED) is 0.581. The lowest BCUT2D eigenvalue weighted by atomic mass is 10.4. The van der Waals surface area contributed by atoms with E-state index >= 15 is 0 Å². The molecule has 11 heavy (non-hydrogen) atoms. The fourth-order valence-corrected chi connectivity index (χ4v) is 1.59. The molecule has 0 saturated heterocycles. The Labute approximate surface area is 73.6 Å². The van der Waals surface area contributed by atoms with Crippen LogP contribution < -0.4 is 0 Å². The van der Waals surface area contributed by atoms with E-state index in [-0.39, 0.29) is 6.29 Å². The topological polar surface area (TPSA) is 18.5 Å². The van der Waals surface area contributed by atoms with E-state index in [0.717, 1.165) is 5.75 Å². The summed E-state index contributed by atoms with van der Waals surface area (Å²) in [5.41, 5.74) is 0. The van der Waals surface area contributed by atoms with E-state index in [4.69, 9.17) is 9.47 Å². The summed E-state index contributed by atoms with van der Waals surface area (Å²) in [6.45, 7) is 4.40. The van der Waals surface area contributed by atoms with E-state index in [1.165, 1.54) is 6.42 Å². The zero-order chi connectivity index (χ0) is 8.69. The van der Waals surface area contributed by atoms with Gasteiger partial charge < -0.3 is 9.47 Å². The normalized spacial score (nSPS) is 13.9. The van der Waals surface area contributed by atoms with Gasteiger partial charge in [0, 0.05) is 25.2 Å². The van der Waals surface area contributed by atoms with Gasteiger partial charge >= 0.3 is 0 Å². The van der Waals surface area contributed by atoms with Crippen molar-refractivity contribution in [3.8, 4) is 0 Å². The zero-order valence-corrected chi connectivity index (χ0v) is 8.61. The predicted octanol–water partition coefficient (Wildman–Crippen LogP) is 2.14. The van der Waals surface area contributed by atoms with Gasteiger partial charge in [0.05, 0.1) is 0 Å². The third kappa shape index (κ3) is 5.53. The maximum Gasteiger partial charge on any atom is 0.165 e. The van der Waals surface area contributed by atoms with Gasteiger partial charge in [-0.25, -0.2) is 0 Å². The molecule has 0 aromatic rings. The Bertz CT molecular complexity index is 84.2. The van der Waals surface area contributed by atoms with Crippen LogP contribution in [0.1, 0.15) is 20.3 Å². The summed E-state index contributed by atoms with van der Waals surface area (Å²) >= 11 is 1.88. The van der Waals surface area contributed by atoms with Gasteiger partial charge in [0.1, 0.15) is 0 Å². The highest BCUT2D eigenvalue weighted by molar-refractivity contribution is 7.99. The van der Waals surface area contributed by atoms with Crippen LogP contribution in [-0.4, -0.2) is 31.5 Å². The maximum absolute atomic E-state index is 5.05. The maximum atomic E-state index is 5.05. The lowest BCUT2D eigenvalue weighted by Gasteiger charge is -2.15. The van der Waals surface area contributed by atoms with Crippen molar-refractivity contribution in [1.29, 1.82) is 0 Å². The molecule has 0 fully saturated rings. The van der Waals surface area contributed by atoms with Gasteiger partial charge in [-0.3, -0.25) is 0 Å². The summed E-state index contributed by atoms with van der Waals surface area (Å²) in [6, 6.07) is 0. The van der Waals surface area contributed by atoms with Crippen molar-refractivity contribution < 1.29 is 9.47 Å². The third-order valence-corrected chi connectivity index (χ3v) is 2.98. The van der Waals surface area contributed by atoms with Crippen molar-refractivity contribution in [2.24, 2.45) is 0 Å². The highest BCUT2D eigenvalue weighted by Gasteiger charge is 2.07. The number of ether oxygens (including phenoxy) is 2. The minimum Gasteiger partial charge on any atom is -0.355 e. The van der Waals surface area contributed by atoms with Gasteiger partial charge in [0.25, 0.3) is 0 Å². The summed E-state index contributed by atoms with van der Waals surface area (Å²) in [4.78, 5) is 0. The molecule has 0 aliphatic carbocycles. The first-order valence-electron chi connectivity index (χ1n) is 3.91. The summed E-state index contributed by atoms with van der Waals surface area (Å²) in [7, 11) is 3.34. The molecule has 1 unspecified atom stereocenters. The number of methoxy groups -OCH3 is 2. The van der Waals surface area contributed by atoms with E-state index < -0.39 is 0 Å². The first-order chi connectivity index (χ1) is 5.24. The summed E-state index contributed by atoms with van der Waals surface area (Å²) in [5.74, 6) is 0.919. The zero-order valence-electron chi connectivity index (χ0n) is 7.79. The largest absolute Gasteiger partial charge is 0.355 e. The molecule has 0 N–H and O–H groups in total. The molecule has 0 amide bonds. The molecule has 0 saturated carbocycles. The fraction of sp³-hybridized carbons (Fsp3) is 1.00. The number of hydrogen-bond donors (Lipinski definition) is 0. The molecule has 0 aromatic carbocycles. The van der Waals surface area contributed by atoms with Crippen LogP contribution in [0.5, 0.6) is 0 Å². The summed E-state index contributed by atoms with van der Waals surface area (Å²) in [5, 5.41) is 0.697. The summed E-state index contributed by atoms with van der Waals surface area (Å²) in [6.07, 6.45) is 1.15. The van der Waals surface area contributed by atoms with Gasteiger partial charge in [-0.05, 0) is 6.42 Å². The molecule has 0 aliphatic rings. The number of hydrogen-bond acceptors (Lipinski definition) is 3. The third-order valence-electron chi connectivity index (χ3n) is 1.62. The van der Waals surface area contributed by atoms with Crippen molar-refractivity contribution in [3.05, 3.63) is 0 Å². The first kappa shape index (κ1) is 11.3. The second kappa shape index (κ2) is 6.95. The Morgan fingerprint density at radius 1 is 1.27 bits per heavy atom. The van der Waals surface area contributed by atoms with E-state index in [1.807, 2.05) is 11.8 Å². The van der Waals surface area contributed by atoms with E-state index in [0.29, 0.717) is 5.25 Å². The molecule has 0 radical (unpaired) electrons. The molecular weight excluding hydrogens is 160 g/mol. The Morgan fingerprint density at radius 2 is 1.82 bits per heavy atom. The van der Waals surface area contributed by atoms with Crippen molar-refractivity contribution in [2.75, 3.05) is 20.0 Å². The lowest BCUT2D eigenvalue weighted by Crippen LogP contribution is -2.17. The summed E-state index contributed by atoms with van der Waals surface area (Å²) < 4.78 is 10.1. The SMILES string of the molecule is CCC(C)SCC(OC)OC. The molecule has 1 atom stereocenters. The van der Waals surface area contributed by atoms with Crippen LogP contribution in [0.4, 0.5) is 0 Å². The van der Waals surface area contributed by atoms with Crippen LogP contribution >= 0.6 is 11.8 Å². The minimum absolute atomic E-state index is 0.0472. The van der Waals surface area contributed by atoms with Crippen LogP contribution in [0.2, 0.25) is 0 Å².